The molecule has 0 radical (unpaired) electrons. The third-order valence-electron chi connectivity index (χ3n) is 5.25. The van der Waals surface area contributed by atoms with E-state index in [0.29, 0.717) is 18.9 Å². The van der Waals surface area contributed by atoms with Gasteiger partial charge < -0.3 is 16.0 Å². The zero-order chi connectivity index (χ0) is 18.3. The molecule has 2 aliphatic rings. The van der Waals surface area contributed by atoms with Gasteiger partial charge in [0.05, 0.1) is 0 Å². The maximum Gasteiger partial charge on any atom is 0.253 e. The van der Waals surface area contributed by atoms with Crippen molar-refractivity contribution < 1.29 is 4.79 Å². The van der Waals surface area contributed by atoms with Gasteiger partial charge in [0.25, 0.3) is 5.91 Å². The lowest BCUT2D eigenvalue weighted by molar-refractivity contribution is 0.0685. The summed E-state index contributed by atoms with van der Waals surface area (Å²) in [5, 5.41) is 3.55. The van der Waals surface area contributed by atoms with E-state index in [4.69, 9.17) is 10.7 Å². The van der Waals surface area contributed by atoms with Gasteiger partial charge in [-0.15, -0.1) is 12.4 Å². The predicted molar refractivity (Wildman–Crippen MR) is 112 cm³/mol. The molecule has 27 heavy (non-hydrogen) atoms. The van der Waals surface area contributed by atoms with Gasteiger partial charge in [-0.1, -0.05) is 29.3 Å². The minimum Gasteiger partial charge on any atom is -0.383 e. The maximum atomic E-state index is 12.9. The molecule has 142 valence electrons. The number of nitrogens with two attached hydrogens (primary N) is 1. The van der Waals surface area contributed by atoms with Crippen molar-refractivity contribution in [2.45, 2.75) is 32.4 Å². The normalized spacial score (nSPS) is 17.4. The fraction of sp³-hybridized carbons (Fsp3) is 0.333. The number of nitrogens with one attached hydrogen (secondary N) is 1. The van der Waals surface area contributed by atoms with Crippen molar-refractivity contribution in [2.24, 2.45) is 10.7 Å². The molecule has 2 aromatic rings. The third kappa shape index (κ3) is 3.65. The van der Waals surface area contributed by atoms with Gasteiger partial charge in [0.1, 0.15) is 11.5 Å². The Morgan fingerprint density at radius 2 is 1.74 bits per heavy atom. The minimum atomic E-state index is -0.405. The first-order chi connectivity index (χ1) is 12.5. The lowest BCUT2D eigenvalue weighted by atomic mass is 9.93. The zero-order valence-electron chi connectivity index (χ0n) is 15.7. The van der Waals surface area contributed by atoms with Crippen molar-refractivity contribution in [1.82, 2.24) is 4.90 Å². The highest BCUT2D eigenvalue weighted by Crippen LogP contribution is 2.34. The third-order valence-corrected chi connectivity index (χ3v) is 5.25. The first-order valence-corrected chi connectivity index (χ1v) is 9.06. The molecular formula is C21H25ClN4O. The molecule has 1 spiro atoms. The molecule has 6 heteroatoms. The predicted octanol–water partition coefficient (Wildman–Crippen LogP) is 3.49. The Kier molecular flexibility index (Phi) is 5.16. The molecule has 5 nitrogen and oxygen atoms in total. The lowest BCUT2D eigenvalue weighted by Crippen LogP contribution is -2.52. The van der Waals surface area contributed by atoms with Crippen molar-refractivity contribution in [3.8, 4) is 0 Å². The molecule has 0 aromatic heterocycles. The van der Waals surface area contributed by atoms with Crippen LogP contribution in [0.5, 0.6) is 0 Å². The summed E-state index contributed by atoms with van der Waals surface area (Å²) in [7, 11) is 0. The molecule has 0 atom stereocenters. The number of anilines is 1. The molecular weight excluding hydrogens is 360 g/mol. The molecule has 0 unspecified atom stereocenters. The topological polar surface area (TPSA) is 70.7 Å². The average Bonchev–Trinajstić information content (AvgIpc) is 2.61. The number of halogens is 1. The highest BCUT2D eigenvalue weighted by Gasteiger charge is 2.38. The van der Waals surface area contributed by atoms with E-state index in [-0.39, 0.29) is 18.3 Å². The van der Waals surface area contributed by atoms with Crippen molar-refractivity contribution >= 4 is 29.8 Å². The van der Waals surface area contributed by atoms with Gasteiger partial charge in [-0.2, -0.15) is 0 Å². The fourth-order valence-electron chi connectivity index (χ4n) is 3.98. The quantitative estimate of drug-likeness (QED) is 0.790. The van der Waals surface area contributed by atoms with Crippen LogP contribution < -0.4 is 11.1 Å². The van der Waals surface area contributed by atoms with Crippen LogP contribution in [0.4, 0.5) is 5.69 Å². The number of carbonyl (C=O) groups excluding carboxylic acids is 1. The fourth-order valence-corrected chi connectivity index (χ4v) is 3.98. The van der Waals surface area contributed by atoms with Crippen LogP contribution in [0, 0.1) is 13.8 Å². The Morgan fingerprint density at radius 3 is 2.41 bits per heavy atom. The number of hydrogen-bond acceptors (Lipinski definition) is 4. The van der Waals surface area contributed by atoms with Crippen LogP contribution in [0.2, 0.25) is 0 Å². The molecule has 1 amide bonds. The Morgan fingerprint density at radius 1 is 1.11 bits per heavy atom. The van der Waals surface area contributed by atoms with Gasteiger partial charge in [-0.25, -0.2) is 4.99 Å². The summed E-state index contributed by atoms with van der Waals surface area (Å²) in [6, 6.07) is 14.0. The average molecular weight is 385 g/mol. The van der Waals surface area contributed by atoms with E-state index >= 15 is 0 Å². The number of fused-ring (bicyclic) bond motifs is 1. The molecule has 3 N–H and O–H groups in total. The molecule has 2 aromatic carbocycles. The molecule has 0 saturated carbocycles. The molecule has 2 aliphatic heterocycles. The van der Waals surface area contributed by atoms with E-state index in [9.17, 15) is 4.79 Å². The summed E-state index contributed by atoms with van der Waals surface area (Å²) in [6.45, 7) is 5.38. The Hall–Kier alpha value is -2.53. The highest BCUT2D eigenvalue weighted by molar-refractivity contribution is 6.04. The number of likely N-dealkylation sites (tertiary alicyclic amines) is 1. The van der Waals surface area contributed by atoms with E-state index in [1.165, 1.54) is 0 Å². The van der Waals surface area contributed by atoms with Crippen LogP contribution in [-0.4, -0.2) is 35.4 Å². The molecule has 1 saturated heterocycles. The van der Waals surface area contributed by atoms with Gasteiger partial charge >= 0.3 is 0 Å². The second kappa shape index (κ2) is 7.24. The highest BCUT2D eigenvalue weighted by atomic mass is 35.5. The number of amides is 1. The Balaban J connectivity index is 0.00000210. The van der Waals surface area contributed by atoms with Gasteiger partial charge in [0, 0.05) is 42.7 Å². The number of aryl methyl sites for hydroxylation is 2. The smallest absolute Gasteiger partial charge is 0.253 e. The van der Waals surface area contributed by atoms with E-state index in [1.807, 2.05) is 55.1 Å². The second-order valence-corrected chi connectivity index (χ2v) is 7.37. The van der Waals surface area contributed by atoms with Crippen LogP contribution in [0.15, 0.2) is 47.5 Å². The molecule has 0 aliphatic carbocycles. The largest absolute Gasteiger partial charge is 0.383 e. The SMILES string of the molecule is Cc1cc(C)cc(C(=O)N2CCC3(CC2)N=C(N)c2ccccc2N3)c1.Cl. The molecule has 2 heterocycles. The number of amidine groups is 1. The number of piperidine rings is 1. The van der Waals surface area contributed by atoms with E-state index in [0.717, 1.165) is 40.8 Å². The van der Waals surface area contributed by atoms with E-state index in [2.05, 4.69) is 11.4 Å². The van der Waals surface area contributed by atoms with Crippen molar-refractivity contribution in [3.05, 3.63) is 64.7 Å². The van der Waals surface area contributed by atoms with Crippen LogP contribution in [0.1, 0.15) is 39.9 Å². The summed E-state index contributed by atoms with van der Waals surface area (Å²) >= 11 is 0. The van der Waals surface area contributed by atoms with Crippen molar-refractivity contribution in [3.63, 3.8) is 0 Å². The summed E-state index contributed by atoms with van der Waals surface area (Å²) in [5.74, 6) is 0.674. The Labute approximate surface area is 166 Å². The van der Waals surface area contributed by atoms with Crippen LogP contribution in [-0.2, 0) is 0 Å². The monoisotopic (exact) mass is 384 g/mol. The van der Waals surface area contributed by atoms with Gasteiger partial charge in [-0.05, 0) is 38.1 Å². The van der Waals surface area contributed by atoms with E-state index < -0.39 is 5.66 Å². The summed E-state index contributed by atoms with van der Waals surface area (Å²) < 4.78 is 0. The number of benzene rings is 2. The number of aliphatic imine (C=N–C) groups is 1. The maximum absolute atomic E-state index is 12.9. The van der Waals surface area contributed by atoms with Gasteiger partial charge in [-0.3, -0.25) is 4.79 Å². The summed E-state index contributed by atoms with van der Waals surface area (Å²) in [5.41, 5.74) is 10.8. The summed E-state index contributed by atoms with van der Waals surface area (Å²) in [6.07, 6.45) is 1.50. The van der Waals surface area contributed by atoms with Crippen LogP contribution in [0.3, 0.4) is 0 Å². The standard InChI is InChI=1S/C21H24N4O.ClH/c1-14-11-15(2)13-16(12-14)20(26)25-9-7-21(8-10-25)23-18-6-4-3-5-17(18)19(22)24-21;/h3-6,11-13,23H,7-10H2,1-2H3,(H2,22,24);1H. The lowest BCUT2D eigenvalue weighted by Gasteiger charge is -2.42. The molecule has 0 bridgehead atoms. The summed E-state index contributed by atoms with van der Waals surface area (Å²) in [4.78, 5) is 19.6. The number of para-hydroxylation sites is 1. The zero-order valence-corrected chi connectivity index (χ0v) is 16.5. The minimum absolute atomic E-state index is 0. The first-order valence-electron chi connectivity index (χ1n) is 9.06. The van der Waals surface area contributed by atoms with E-state index in [1.54, 1.807) is 0 Å². The van der Waals surface area contributed by atoms with Crippen molar-refractivity contribution in [2.75, 3.05) is 18.4 Å². The van der Waals surface area contributed by atoms with Gasteiger partial charge in [0.15, 0.2) is 0 Å². The van der Waals surface area contributed by atoms with Gasteiger partial charge in [0.2, 0.25) is 0 Å². The first kappa shape index (κ1) is 19.2. The number of carbonyl (C=O) groups is 1. The number of rotatable bonds is 1. The van der Waals surface area contributed by atoms with Crippen LogP contribution in [0.25, 0.3) is 0 Å². The number of hydrogen-bond donors (Lipinski definition) is 2. The second-order valence-electron chi connectivity index (χ2n) is 7.37. The number of nitrogens with zero attached hydrogens (tertiary/aromatic N) is 2. The molecule has 1 fully saturated rings. The molecule has 4 rings (SSSR count). The Bertz CT molecular complexity index is 881. The van der Waals surface area contributed by atoms with Crippen molar-refractivity contribution in [1.29, 1.82) is 0 Å². The van der Waals surface area contributed by atoms with Crippen LogP contribution >= 0.6 is 12.4 Å².